The standard InChI is InChI=1S/C20H18/c1-4-16-13-20-17(12-15(16)3)9-7-11-19(20)18-10-6-5-8-14(18)2/h4-13H,3H2,1-2H3/b16-4-. The minimum absolute atomic E-state index is 1.09. The highest BCUT2D eigenvalue weighted by molar-refractivity contribution is 5.97. The molecule has 98 valence electrons. The van der Waals surface area contributed by atoms with Crippen LogP contribution in [0.3, 0.4) is 0 Å². The fourth-order valence-corrected chi connectivity index (χ4v) is 2.77. The van der Waals surface area contributed by atoms with E-state index >= 15 is 0 Å². The Labute approximate surface area is 119 Å². The van der Waals surface area contributed by atoms with Gasteiger partial charge in [0.25, 0.3) is 0 Å². The van der Waals surface area contributed by atoms with Crippen LogP contribution in [0.1, 0.15) is 12.5 Å². The summed E-state index contributed by atoms with van der Waals surface area (Å²) < 4.78 is 0. The van der Waals surface area contributed by atoms with Crippen molar-refractivity contribution in [2.75, 3.05) is 0 Å². The van der Waals surface area contributed by atoms with E-state index in [2.05, 4.69) is 81.1 Å². The van der Waals surface area contributed by atoms with Gasteiger partial charge in [-0.05, 0) is 63.9 Å². The van der Waals surface area contributed by atoms with Gasteiger partial charge in [-0.25, -0.2) is 0 Å². The van der Waals surface area contributed by atoms with Crippen LogP contribution in [0.5, 0.6) is 0 Å². The van der Waals surface area contributed by atoms with Crippen LogP contribution < -0.4 is 10.4 Å². The Kier molecular flexibility index (Phi) is 3.15. The molecule has 0 fully saturated rings. The van der Waals surface area contributed by atoms with E-state index in [-0.39, 0.29) is 0 Å². The van der Waals surface area contributed by atoms with Crippen molar-refractivity contribution in [1.82, 2.24) is 0 Å². The monoisotopic (exact) mass is 258 g/mol. The molecule has 0 spiro atoms. The van der Waals surface area contributed by atoms with Gasteiger partial charge in [-0.3, -0.25) is 0 Å². The maximum atomic E-state index is 4.13. The molecule has 20 heavy (non-hydrogen) atoms. The van der Waals surface area contributed by atoms with E-state index in [9.17, 15) is 0 Å². The Hall–Kier alpha value is -2.34. The van der Waals surface area contributed by atoms with Gasteiger partial charge in [0.2, 0.25) is 0 Å². The topological polar surface area (TPSA) is 0 Å². The van der Waals surface area contributed by atoms with Crippen molar-refractivity contribution >= 4 is 23.4 Å². The van der Waals surface area contributed by atoms with Crippen LogP contribution in [0, 0.1) is 6.92 Å². The first-order chi connectivity index (χ1) is 9.70. The molecule has 0 aliphatic carbocycles. The first kappa shape index (κ1) is 12.7. The summed E-state index contributed by atoms with van der Waals surface area (Å²) in [5.74, 6) is 0. The summed E-state index contributed by atoms with van der Waals surface area (Å²) in [6, 6.07) is 19.4. The fraction of sp³-hybridized carbons (Fsp3) is 0.100. The van der Waals surface area contributed by atoms with Crippen LogP contribution >= 0.6 is 0 Å². The minimum Gasteiger partial charge on any atom is -0.0911 e. The van der Waals surface area contributed by atoms with E-state index in [0.29, 0.717) is 0 Å². The van der Waals surface area contributed by atoms with Crippen LogP contribution in [-0.4, -0.2) is 0 Å². The fourth-order valence-electron chi connectivity index (χ4n) is 2.77. The Morgan fingerprint density at radius 3 is 2.40 bits per heavy atom. The normalized spacial score (nSPS) is 12.0. The maximum Gasteiger partial charge on any atom is -0.00991 e. The zero-order valence-corrected chi connectivity index (χ0v) is 12.0. The average molecular weight is 258 g/mol. The largest absolute Gasteiger partial charge is 0.0911 e. The van der Waals surface area contributed by atoms with Crippen molar-refractivity contribution in [2.45, 2.75) is 13.8 Å². The molecule has 0 aliphatic heterocycles. The lowest BCUT2D eigenvalue weighted by Gasteiger charge is -2.10. The molecular formula is C20H18. The number of hydrogen-bond acceptors (Lipinski definition) is 0. The molecule has 0 amide bonds. The predicted molar refractivity (Wildman–Crippen MR) is 89.0 cm³/mol. The molecule has 0 nitrogen and oxygen atoms in total. The molecule has 0 aromatic heterocycles. The van der Waals surface area contributed by atoms with Gasteiger partial charge in [0.1, 0.15) is 0 Å². The smallest absolute Gasteiger partial charge is 0.00991 e. The van der Waals surface area contributed by atoms with Gasteiger partial charge < -0.3 is 0 Å². The zero-order valence-electron chi connectivity index (χ0n) is 12.0. The molecule has 0 aliphatic rings. The van der Waals surface area contributed by atoms with Gasteiger partial charge in [-0.1, -0.05) is 55.1 Å². The second-order valence-electron chi connectivity index (χ2n) is 5.18. The van der Waals surface area contributed by atoms with Crippen LogP contribution in [-0.2, 0) is 0 Å². The highest BCUT2D eigenvalue weighted by Gasteiger charge is 2.05. The van der Waals surface area contributed by atoms with Crippen LogP contribution in [0.15, 0.2) is 54.6 Å². The molecule has 0 N–H and O–H groups in total. The Morgan fingerprint density at radius 1 is 0.900 bits per heavy atom. The second-order valence-corrected chi connectivity index (χ2v) is 5.18. The molecule has 0 radical (unpaired) electrons. The number of rotatable bonds is 1. The lowest BCUT2D eigenvalue weighted by Crippen LogP contribution is -2.21. The first-order valence-corrected chi connectivity index (χ1v) is 6.95. The van der Waals surface area contributed by atoms with Crippen molar-refractivity contribution < 1.29 is 0 Å². The van der Waals surface area contributed by atoms with Crippen molar-refractivity contribution in [3.8, 4) is 11.1 Å². The van der Waals surface area contributed by atoms with E-state index in [1.165, 1.54) is 32.7 Å². The Balaban J connectivity index is 2.43. The van der Waals surface area contributed by atoms with Crippen LogP contribution in [0.2, 0.25) is 0 Å². The quantitative estimate of drug-likeness (QED) is 0.618. The molecule has 3 aromatic carbocycles. The summed E-state index contributed by atoms with van der Waals surface area (Å²) in [7, 11) is 0. The summed E-state index contributed by atoms with van der Waals surface area (Å²) in [6.45, 7) is 8.36. The summed E-state index contributed by atoms with van der Waals surface area (Å²) in [6.07, 6.45) is 2.12. The van der Waals surface area contributed by atoms with Gasteiger partial charge >= 0.3 is 0 Å². The third-order valence-corrected chi connectivity index (χ3v) is 3.89. The summed E-state index contributed by atoms with van der Waals surface area (Å²) >= 11 is 0. The second kappa shape index (κ2) is 4.97. The Bertz CT molecular complexity index is 886. The predicted octanol–water partition coefficient (Wildman–Crippen LogP) is 4.03. The van der Waals surface area contributed by atoms with E-state index in [1.54, 1.807) is 0 Å². The van der Waals surface area contributed by atoms with E-state index in [4.69, 9.17) is 0 Å². The molecule has 0 atom stereocenters. The summed E-state index contributed by atoms with van der Waals surface area (Å²) in [5, 5.41) is 4.84. The zero-order chi connectivity index (χ0) is 14.1. The number of hydrogen-bond donors (Lipinski definition) is 0. The van der Waals surface area contributed by atoms with Crippen molar-refractivity contribution in [3.63, 3.8) is 0 Å². The summed E-state index contributed by atoms with van der Waals surface area (Å²) in [4.78, 5) is 0. The molecule has 0 heterocycles. The molecule has 3 rings (SSSR count). The van der Waals surface area contributed by atoms with E-state index in [1.807, 2.05) is 0 Å². The van der Waals surface area contributed by atoms with E-state index < -0.39 is 0 Å². The number of aryl methyl sites for hydroxylation is 1. The summed E-state index contributed by atoms with van der Waals surface area (Å²) in [5.41, 5.74) is 3.90. The van der Waals surface area contributed by atoms with Gasteiger partial charge in [0.15, 0.2) is 0 Å². The minimum atomic E-state index is 1.09. The third kappa shape index (κ3) is 2.04. The van der Waals surface area contributed by atoms with Gasteiger partial charge in [0, 0.05) is 0 Å². The highest BCUT2D eigenvalue weighted by atomic mass is 14.1. The average Bonchev–Trinajstić information content (AvgIpc) is 2.46. The van der Waals surface area contributed by atoms with Gasteiger partial charge in [-0.15, -0.1) is 0 Å². The van der Waals surface area contributed by atoms with E-state index in [0.717, 1.165) is 5.22 Å². The van der Waals surface area contributed by atoms with Gasteiger partial charge in [-0.2, -0.15) is 0 Å². The lowest BCUT2D eigenvalue weighted by atomic mass is 9.94. The lowest BCUT2D eigenvalue weighted by molar-refractivity contribution is 1.46. The molecule has 0 bridgehead atoms. The molecule has 0 saturated carbocycles. The molecule has 0 heteroatoms. The first-order valence-electron chi connectivity index (χ1n) is 6.95. The number of benzene rings is 3. The van der Waals surface area contributed by atoms with Crippen molar-refractivity contribution in [2.24, 2.45) is 0 Å². The third-order valence-electron chi connectivity index (χ3n) is 3.89. The molecule has 0 unspecified atom stereocenters. The molecule has 3 aromatic rings. The maximum absolute atomic E-state index is 4.13. The number of fused-ring (bicyclic) bond motifs is 1. The van der Waals surface area contributed by atoms with Crippen molar-refractivity contribution in [3.05, 3.63) is 70.6 Å². The van der Waals surface area contributed by atoms with Crippen molar-refractivity contribution in [1.29, 1.82) is 0 Å². The van der Waals surface area contributed by atoms with Crippen LogP contribution in [0.4, 0.5) is 0 Å². The van der Waals surface area contributed by atoms with Crippen LogP contribution in [0.25, 0.3) is 34.6 Å². The molecular weight excluding hydrogens is 240 g/mol. The highest BCUT2D eigenvalue weighted by Crippen LogP contribution is 2.29. The SMILES string of the molecule is C=c1cc2cccc(-c3ccccc3C)c2c/c1=C/C. The Morgan fingerprint density at radius 2 is 1.65 bits per heavy atom. The van der Waals surface area contributed by atoms with Gasteiger partial charge in [0.05, 0.1) is 0 Å². The molecule has 0 saturated heterocycles.